The summed E-state index contributed by atoms with van der Waals surface area (Å²) in [4.78, 5) is 28.7. The number of hydrogen-bond donors (Lipinski definition) is 2. The summed E-state index contributed by atoms with van der Waals surface area (Å²) in [5.74, 6) is -0.582. The van der Waals surface area contributed by atoms with Gasteiger partial charge in [0.25, 0.3) is 5.91 Å². The number of carbonyl (C=O) groups is 2. The van der Waals surface area contributed by atoms with Crippen LogP contribution in [-0.4, -0.2) is 54.2 Å². The van der Waals surface area contributed by atoms with E-state index in [2.05, 4.69) is 0 Å². The van der Waals surface area contributed by atoms with E-state index in [1.165, 1.54) is 12.0 Å². The molecule has 0 saturated carbocycles. The monoisotopic (exact) mass is 438 g/mol. The summed E-state index contributed by atoms with van der Waals surface area (Å²) in [6.07, 6.45) is 3.46. The van der Waals surface area contributed by atoms with Crippen molar-refractivity contribution in [2.75, 3.05) is 32.2 Å². The third-order valence-corrected chi connectivity index (χ3v) is 5.92. The van der Waals surface area contributed by atoms with Crippen molar-refractivity contribution in [1.29, 1.82) is 0 Å². The number of nitrogens with zero attached hydrogens (tertiary/aromatic N) is 2. The number of anilines is 1. The van der Waals surface area contributed by atoms with Crippen LogP contribution < -0.4 is 9.64 Å². The van der Waals surface area contributed by atoms with Crippen molar-refractivity contribution in [2.24, 2.45) is 5.92 Å². The Kier molecular flexibility index (Phi) is 7.33. The van der Waals surface area contributed by atoms with Crippen LogP contribution >= 0.6 is 0 Å². The molecular weight excluding hydrogens is 408 g/mol. The van der Waals surface area contributed by atoms with Gasteiger partial charge in [-0.15, -0.1) is 0 Å². The second-order valence-electron chi connectivity index (χ2n) is 7.96. The molecule has 0 radical (unpaired) electrons. The van der Waals surface area contributed by atoms with Gasteiger partial charge in [0.2, 0.25) is 5.91 Å². The molecule has 0 spiro atoms. The predicted octanol–water partition coefficient (Wildman–Crippen LogP) is 2.46. The molecule has 0 fully saturated rings. The van der Waals surface area contributed by atoms with Gasteiger partial charge >= 0.3 is 0 Å². The molecule has 32 heavy (non-hydrogen) atoms. The van der Waals surface area contributed by atoms with E-state index in [0.29, 0.717) is 23.5 Å². The Morgan fingerprint density at radius 2 is 1.97 bits per heavy atom. The summed E-state index contributed by atoms with van der Waals surface area (Å²) in [6, 6.07) is 14.7. The summed E-state index contributed by atoms with van der Waals surface area (Å²) in [5, 5.41) is 20.7. The zero-order valence-corrected chi connectivity index (χ0v) is 18.7. The predicted molar refractivity (Wildman–Crippen MR) is 122 cm³/mol. The largest absolute Gasteiger partial charge is 0.497 e. The van der Waals surface area contributed by atoms with Crippen molar-refractivity contribution >= 4 is 17.5 Å². The highest BCUT2D eigenvalue weighted by atomic mass is 16.5. The zero-order valence-electron chi connectivity index (χ0n) is 18.7. The molecular formula is C25H30N2O5. The number of amides is 2. The summed E-state index contributed by atoms with van der Waals surface area (Å²) in [6.45, 7) is 2.26. The highest BCUT2D eigenvalue weighted by Crippen LogP contribution is 2.45. The van der Waals surface area contributed by atoms with E-state index in [0.717, 1.165) is 5.56 Å². The van der Waals surface area contributed by atoms with Gasteiger partial charge in [-0.05, 0) is 23.8 Å². The van der Waals surface area contributed by atoms with Gasteiger partial charge in [-0.1, -0.05) is 49.4 Å². The minimum Gasteiger partial charge on any atom is -0.497 e. The van der Waals surface area contributed by atoms with Crippen LogP contribution in [0.25, 0.3) is 0 Å². The number of carbonyl (C=O) groups excluding carboxylic acids is 2. The number of hydrogen-bond acceptors (Lipinski definition) is 5. The van der Waals surface area contributed by atoms with Gasteiger partial charge in [0.05, 0.1) is 19.4 Å². The molecule has 2 amide bonds. The lowest BCUT2D eigenvalue weighted by molar-refractivity contribution is -0.139. The number of aliphatic hydroxyl groups is 2. The molecule has 1 heterocycles. The first-order valence-corrected chi connectivity index (χ1v) is 10.6. The molecule has 7 nitrogen and oxygen atoms in total. The normalized spacial score (nSPS) is 18.7. The van der Waals surface area contributed by atoms with Gasteiger partial charge in [0.15, 0.2) is 5.60 Å². The van der Waals surface area contributed by atoms with Crippen molar-refractivity contribution in [3.8, 4) is 5.75 Å². The Morgan fingerprint density at radius 1 is 1.25 bits per heavy atom. The van der Waals surface area contributed by atoms with Crippen LogP contribution in [0.3, 0.4) is 0 Å². The average Bonchev–Trinajstić information content (AvgIpc) is 3.00. The minimum atomic E-state index is -1.74. The molecule has 2 N–H and O–H groups in total. The van der Waals surface area contributed by atoms with Gasteiger partial charge in [-0.3, -0.25) is 9.59 Å². The van der Waals surface area contributed by atoms with Gasteiger partial charge in [0, 0.05) is 38.0 Å². The van der Waals surface area contributed by atoms with Crippen LogP contribution in [0.2, 0.25) is 0 Å². The maximum absolute atomic E-state index is 12.9. The van der Waals surface area contributed by atoms with Crippen LogP contribution in [0.5, 0.6) is 5.75 Å². The fraction of sp³-hybridized carbons (Fsp3) is 0.360. The first kappa shape index (κ1) is 23.5. The van der Waals surface area contributed by atoms with Crippen molar-refractivity contribution in [3.05, 3.63) is 71.8 Å². The lowest BCUT2D eigenvalue weighted by atomic mass is 9.83. The first-order valence-electron chi connectivity index (χ1n) is 10.6. The van der Waals surface area contributed by atoms with E-state index in [1.54, 1.807) is 49.2 Å². The summed E-state index contributed by atoms with van der Waals surface area (Å²) in [5.41, 5.74) is 0.351. The second-order valence-corrected chi connectivity index (χ2v) is 7.96. The standard InChI is InChI=1S/C25H30N2O5/c1-18(25(31)21-16-20(32-3)12-13-22(21)26(2)24(25)30)8-7-11-23(29)27(14-15-28)17-19-9-5-4-6-10-19/h4-10,12-13,16,18,28,31H,11,14-15,17H2,1-3H3/b8-7+/t18-,25+/m1/s1. The van der Waals surface area contributed by atoms with Gasteiger partial charge < -0.3 is 24.7 Å². The van der Waals surface area contributed by atoms with E-state index in [9.17, 15) is 19.8 Å². The zero-order chi connectivity index (χ0) is 23.3. The molecule has 2 aromatic carbocycles. The highest BCUT2D eigenvalue weighted by molar-refractivity contribution is 6.07. The molecule has 170 valence electrons. The Morgan fingerprint density at radius 3 is 2.62 bits per heavy atom. The number of rotatable bonds is 9. The Labute approximate surface area is 188 Å². The number of fused-ring (bicyclic) bond motifs is 1. The lowest BCUT2D eigenvalue weighted by Crippen LogP contribution is -2.43. The molecule has 0 saturated heterocycles. The molecule has 1 aliphatic heterocycles. The molecule has 2 atom stereocenters. The third-order valence-electron chi connectivity index (χ3n) is 5.92. The smallest absolute Gasteiger partial charge is 0.264 e. The molecule has 2 aromatic rings. The maximum atomic E-state index is 12.9. The van der Waals surface area contributed by atoms with Gasteiger partial charge in [-0.25, -0.2) is 0 Å². The minimum absolute atomic E-state index is 0.0995. The topological polar surface area (TPSA) is 90.3 Å². The van der Waals surface area contributed by atoms with E-state index >= 15 is 0 Å². The molecule has 0 unspecified atom stereocenters. The molecule has 3 rings (SSSR count). The number of methoxy groups -OCH3 is 1. The molecule has 0 aliphatic carbocycles. The Bertz CT molecular complexity index is 991. The fourth-order valence-corrected chi connectivity index (χ4v) is 4.02. The van der Waals surface area contributed by atoms with Crippen molar-refractivity contribution in [3.63, 3.8) is 0 Å². The van der Waals surface area contributed by atoms with Crippen LogP contribution in [0.4, 0.5) is 5.69 Å². The highest BCUT2D eigenvalue weighted by Gasteiger charge is 2.51. The van der Waals surface area contributed by atoms with Crippen molar-refractivity contribution in [2.45, 2.75) is 25.5 Å². The molecule has 0 bridgehead atoms. The molecule has 7 heteroatoms. The van der Waals surface area contributed by atoms with Crippen molar-refractivity contribution < 1.29 is 24.5 Å². The molecule has 0 aromatic heterocycles. The SMILES string of the molecule is COc1ccc2c(c1)[C@@](O)([C@H](C)/C=C/CC(=O)N(CCO)Cc1ccccc1)C(=O)N2C. The van der Waals surface area contributed by atoms with Gasteiger partial charge in [-0.2, -0.15) is 0 Å². The fourth-order valence-electron chi connectivity index (χ4n) is 4.02. The van der Waals surface area contributed by atoms with E-state index < -0.39 is 17.4 Å². The van der Waals surface area contributed by atoms with E-state index in [1.807, 2.05) is 30.3 Å². The maximum Gasteiger partial charge on any atom is 0.264 e. The Balaban J connectivity index is 1.73. The van der Waals surface area contributed by atoms with Crippen LogP contribution in [0.1, 0.15) is 24.5 Å². The average molecular weight is 439 g/mol. The number of aliphatic hydroxyl groups excluding tert-OH is 1. The van der Waals surface area contributed by atoms with Crippen LogP contribution in [-0.2, 0) is 21.7 Å². The summed E-state index contributed by atoms with van der Waals surface area (Å²) >= 11 is 0. The van der Waals surface area contributed by atoms with Crippen LogP contribution in [0.15, 0.2) is 60.7 Å². The van der Waals surface area contributed by atoms with Crippen LogP contribution in [0, 0.1) is 5.92 Å². The van der Waals surface area contributed by atoms with E-state index in [-0.39, 0.29) is 25.5 Å². The number of likely N-dealkylation sites (N-methyl/N-ethyl adjacent to an activating group) is 1. The van der Waals surface area contributed by atoms with E-state index in [4.69, 9.17) is 4.74 Å². The summed E-state index contributed by atoms with van der Waals surface area (Å²) < 4.78 is 5.26. The van der Waals surface area contributed by atoms with Gasteiger partial charge in [0.1, 0.15) is 5.75 Å². The first-order chi connectivity index (χ1) is 15.3. The van der Waals surface area contributed by atoms with Crippen molar-refractivity contribution in [1.82, 2.24) is 4.90 Å². The quantitative estimate of drug-likeness (QED) is 0.587. The summed E-state index contributed by atoms with van der Waals surface area (Å²) in [7, 11) is 3.16. The number of ether oxygens (including phenoxy) is 1. The third kappa shape index (κ3) is 4.54. The Hall–Kier alpha value is -3.16. The second kappa shape index (κ2) is 9.97. The molecule has 1 aliphatic rings. The number of benzene rings is 2. The lowest BCUT2D eigenvalue weighted by Gasteiger charge is -2.27.